The molecule has 0 aliphatic carbocycles. The average molecular weight is 262 g/mol. The SMILES string of the molecule is CCc1cccc(C(=O)OC)c1B1OCC(C)(C)O1. The number of esters is 1. The Morgan fingerprint density at radius 1 is 1.47 bits per heavy atom. The zero-order chi connectivity index (χ0) is 14.0. The highest BCUT2D eigenvalue weighted by Gasteiger charge is 2.41. The van der Waals surface area contributed by atoms with Gasteiger partial charge in [-0.1, -0.05) is 19.1 Å². The molecule has 2 rings (SSSR count). The van der Waals surface area contributed by atoms with Crippen molar-refractivity contribution in [2.24, 2.45) is 0 Å². The van der Waals surface area contributed by atoms with Gasteiger partial charge in [-0.15, -0.1) is 0 Å². The van der Waals surface area contributed by atoms with Crippen LogP contribution in [0, 0.1) is 0 Å². The van der Waals surface area contributed by atoms with E-state index in [1.807, 2.05) is 32.9 Å². The molecule has 5 heteroatoms. The molecular weight excluding hydrogens is 243 g/mol. The van der Waals surface area contributed by atoms with Gasteiger partial charge < -0.3 is 14.0 Å². The number of hydrogen-bond acceptors (Lipinski definition) is 4. The molecule has 0 aromatic heterocycles. The summed E-state index contributed by atoms with van der Waals surface area (Å²) >= 11 is 0. The van der Waals surface area contributed by atoms with Gasteiger partial charge >= 0.3 is 13.1 Å². The van der Waals surface area contributed by atoms with Crippen molar-refractivity contribution in [2.45, 2.75) is 32.8 Å². The van der Waals surface area contributed by atoms with Gasteiger partial charge in [0.1, 0.15) is 0 Å². The molecule has 1 saturated heterocycles. The van der Waals surface area contributed by atoms with Crippen LogP contribution in [0.5, 0.6) is 0 Å². The normalized spacial score (nSPS) is 17.6. The zero-order valence-electron chi connectivity index (χ0n) is 11.9. The van der Waals surface area contributed by atoms with Crippen molar-refractivity contribution < 1.29 is 18.8 Å². The summed E-state index contributed by atoms with van der Waals surface area (Å²) in [6, 6.07) is 5.59. The van der Waals surface area contributed by atoms with Gasteiger partial charge in [0.05, 0.1) is 24.9 Å². The van der Waals surface area contributed by atoms with Gasteiger partial charge in [-0.2, -0.15) is 0 Å². The third-order valence-corrected chi connectivity index (χ3v) is 3.23. The van der Waals surface area contributed by atoms with E-state index in [2.05, 4.69) is 0 Å². The summed E-state index contributed by atoms with van der Waals surface area (Å²) in [5, 5.41) is 0. The van der Waals surface area contributed by atoms with Crippen LogP contribution in [-0.2, 0) is 20.5 Å². The molecular formula is C14H19BO4. The van der Waals surface area contributed by atoms with E-state index in [1.165, 1.54) is 7.11 Å². The second-order valence-electron chi connectivity index (χ2n) is 5.24. The number of carbonyl (C=O) groups excluding carboxylic acids is 1. The summed E-state index contributed by atoms with van der Waals surface area (Å²) < 4.78 is 16.4. The molecule has 0 unspecified atom stereocenters. The molecule has 1 fully saturated rings. The molecule has 0 N–H and O–H groups in total. The fraction of sp³-hybridized carbons (Fsp3) is 0.500. The fourth-order valence-corrected chi connectivity index (χ4v) is 2.26. The largest absolute Gasteiger partial charge is 0.495 e. The molecule has 1 aliphatic heterocycles. The van der Waals surface area contributed by atoms with Crippen molar-refractivity contribution in [1.82, 2.24) is 0 Å². The van der Waals surface area contributed by atoms with E-state index in [-0.39, 0.29) is 11.6 Å². The first kappa shape index (κ1) is 14.1. The number of benzene rings is 1. The van der Waals surface area contributed by atoms with E-state index < -0.39 is 7.12 Å². The van der Waals surface area contributed by atoms with Crippen LogP contribution in [-0.4, -0.2) is 32.4 Å². The molecule has 4 nitrogen and oxygen atoms in total. The van der Waals surface area contributed by atoms with E-state index in [0.29, 0.717) is 12.2 Å². The highest BCUT2D eigenvalue weighted by atomic mass is 16.7. The van der Waals surface area contributed by atoms with Gasteiger partial charge in [-0.05, 0) is 31.9 Å². The highest BCUT2D eigenvalue weighted by molar-refractivity contribution is 6.64. The van der Waals surface area contributed by atoms with Crippen LogP contribution in [0.4, 0.5) is 0 Å². The molecule has 1 heterocycles. The maximum atomic E-state index is 11.9. The standard InChI is InChI=1S/C14H19BO4/c1-5-10-7-6-8-11(13(16)17-4)12(10)15-18-9-14(2,3)19-15/h6-8H,5,9H2,1-4H3. The molecule has 1 aromatic rings. The first-order valence-electron chi connectivity index (χ1n) is 6.48. The smallest absolute Gasteiger partial charge is 0.465 e. The summed E-state index contributed by atoms with van der Waals surface area (Å²) in [5.41, 5.74) is 2.02. The van der Waals surface area contributed by atoms with Crippen molar-refractivity contribution in [3.05, 3.63) is 29.3 Å². The fourth-order valence-electron chi connectivity index (χ4n) is 2.26. The lowest BCUT2D eigenvalue weighted by atomic mass is 9.72. The summed E-state index contributed by atoms with van der Waals surface area (Å²) in [6.45, 7) is 6.50. The first-order valence-corrected chi connectivity index (χ1v) is 6.48. The second-order valence-corrected chi connectivity index (χ2v) is 5.24. The lowest BCUT2D eigenvalue weighted by Gasteiger charge is -2.18. The van der Waals surface area contributed by atoms with Crippen LogP contribution in [0.3, 0.4) is 0 Å². The molecule has 0 atom stereocenters. The third-order valence-electron chi connectivity index (χ3n) is 3.23. The van der Waals surface area contributed by atoms with Crippen LogP contribution in [0.1, 0.15) is 36.7 Å². The number of carbonyl (C=O) groups is 1. The predicted molar refractivity (Wildman–Crippen MR) is 73.7 cm³/mol. The molecule has 0 amide bonds. The number of hydrogen-bond donors (Lipinski definition) is 0. The van der Waals surface area contributed by atoms with Gasteiger partial charge in [0.2, 0.25) is 0 Å². The molecule has 0 spiro atoms. The number of ether oxygens (including phenoxy) is 1. The van der Waals surface area contributed by atoms with Crippen LogP contribution in [0.25, 0.3) is 0 Å². The summed E-state index contributed by atoms with van der Waals surface area (Å²) in [4.78, 5) is 11.9. The minimum absolute atomic E-state index is 0.334. The van der Waals surface area contributed by atoms with Crippen molar-refractivity contribution in [1.29, 1.82) is 0 Å². The summed E-state index contributed by atoms with van der Waals surface area (Å²) in [6.07, 6.45) is 0.809. The van der Waals surface area contributed by atoms with Gasteiger partial charge in [0.15, 0.2) is 0 Å². The number of methoxy groups -OCH3 is 1. The summed E-state index contributed by atoms with van der Waals surface area (Å²) in [5.74, 6) is -0.359. The van der Waals surface area contributed by atoms with E-state index in [4.69, 9.17) is 14.0 Å². The van der Waals surface area contributed by atoms with Gasteiger partial charge in [0, 0.05) is 5.46 Å². The molecule has 1 aromatic carbocycles. The molecule has 0 saturated carbocycles. The molecule has 0 bridgehead atoms. The van der Waals surface area contributed by atoms with Crippen LogP contribution in [0.2, 0.25) is 0 Å². The lowest BCUT2D eigenvalue weighted by molar-refractivity contribution is 0.0601. The Kier molecular flexibility index (Phi) is 3.97. The van der Waals surface area contributed by atoms with Crippen molar-refractivity contribution in [2.75, 3.05) is 13.7 Å². The quantitative estimate of drug-likeness (QED) is 0.612. The lowest BCUT2D eigenvalue weighted by Crippen LogP contribution is -2.40. The maximum Gasteiger partial charge on any atom is 0.495 e. The minimum atomic E-state index is -0.500. The van der Waals surface area contributed by atoms with Crippen LogP contribution >= 0.6 is 0 Å². The Balaban J connectivity index is 2.45. The predicted octanol–water partition coefficient (Wildman–Crippen LogP) is 1.56. The van der Waals surface area contributed by atoms with Crippen LogP contribution < -0.4 is 5.46 Å². The Hall–Kier alpha value is -1.33. The molecule has 102 valence electrons. The number of aryl methyl sites for hydroxylation is 1. The van der Waals surface area contributed by atoms with Gasteiger partial charge in [-0.3, -0.25) is 0 Å². The second kappa shape index (κ2) is 5.35. The third kappa shape index (κ3) is 2.82. The number of rotatable bonds is 3. The van der Waals surface area contributed by atoms with E-state index in [0.717, 1.165) is 17.4 Å². The molecule has 0 radical (unpaired) electrons. The van der Waals surface area contributed by atoms with Crippen molar-refractivity contribution >= 4 is 18.6 Å². The van der Waals surface area contributed by atoms with Crippen molar-refractivity contribution in [3.63, 3.8) is 0 Å². The zero-order valence-corrected chi connectivity index (χ0v) is 11.9. The molecule has 1 aliphatic rings. The van der Waals surface area contributed by atoms with Crippen molar-refractivity contribution in [3.8, 4) is 0 Å². The Morgan fingerprint density at radius 2 is 2.21 bits per heavy atom. The first-order chi connectivity index (χ1) is 8.98. The van der Waals surface area contributed by atoms with Crippen LogP contribution in [0.15, 0.2) is 18.2 Å². The minimum Gasteiger partial charge on any atom is -0.465 e. The average Bonchev–Trinajstić information content (AvgIpc) is 2.76. The Labute approximate surface area is 114 Å². The Morgan fingerprint density at radius 3 is 2.74 bits per heavy atom. The van der Waals surface area contributed by atoms with Gasteiger partial charge in [-0.25, -0.2) is 4.79 Å². The van der Waals surface area contributed by atoms with E-state index in [9.17, 15) is 4.79 Å². The summed E-state index contributed by atoms with van der Waals surface area (Å²) in [7, 11) is 0.880. The highest BCUT2D eigenvalue weighted by Crippen LogP contribution is 2.21. The topological polar surface area (TPSA) is 44.8 Å². The van der Waals surface area contributed by atoms with E-state index in [1.54, 1.807) is 6.07 Å². The van der Waals surface area contributed by atoms with E-state index >= 15 is 0 Å². The van der Waals surface area contributed by atoms with Gasteiger partial charge in [0.25, 0.3) is 0 Å². The Bertz CT molecular complexity index is 484. The monoisotopic (exact) mass is 262 g/mol. The molecule has 19 heavy (non-hydrogen) atoms. The maximum absolute atomic E-state index is 11.9.